The van der Waals surface area contributed by atoms with Crippen LogP contribution in [0.2, 0.25) is 5.02 Å². The van der Waals surface area contributed by atoms with Crippen molar-refractivity contribution in [3.05, 3.63) is 79.1 Å². The summed E-state index contributed by atoms with van der Waals surface area (Å²) >= 11 is 7.71. The van der Waals surface area contributed by atoms with E-state index in [2.05, 4.69) is 25.3 Å². The predicted molar refractivity (Wildman–Crippen MR) is 192 cm³/mol. The highest BCUT2D eigenvalue weighted by atomic mass is 35.5. The van der Waals surface area contributed by atoms with E-state index in [1.165, 1.54) is 20.6 Å². The van der Waals surface area contributed by atoms with E-state index < -0.39 is 29.1 Å². The zero-order valence-electron chi connectivity index (χ0n) is 28.9. The summed E-state index contributed by atoms with van der Waals surface area (Å²) in [6.45, 7) is 5.60. The van der Waals surface area contributed by atoms with Crippen molar-refractivity contribution in [1.29, 1.82) is 0 Å². The molecule has 1 saturated heterocycles. The van der Waals surface area contributed by atoms with E-state index in [4.69, 9.17) is 16.6 Å². The Labute approximate surface area is 309 Å². The molecule has 1 fully saturated rings. The molecule has 0 spiro atoms. The number of hydrogen-bond acceptors (Lipinski definition) is 11. The lowest BCUT2D eigenvalue weighted by atomic mass is 10.1. The molecule has 0 aliphatic carbocycles. The molecule has 2 amide bonds. The van der Waals surface area contributed by atoms with E-state index in [-0.39, 0.29) is 72.0 Å². The zero-order chi connectivity index (χ0) is 37.8. The van der Waals surface area contributed by atoms with Crippen LogP contribution in [-0.4, -0.2) is 95.6 Å². The number of benzene rings is 1. The normalized spacial score (nSPS) is 15.2. The van der Waals surface area contributed by atoms with Gasteiger partial charge >= 0.3 is 6.18 Å². The van der Waals surface area contributed by atoms with Gasteiger partial charge in [-0.05, 0) is 56.6 Å². The number of halogens is 4. The number of nitrogens with zero attached hydrogens (tertiary/aromatic N) is 9. The van der Waals surface area contributed by atoms with Crippen LogP contribution in [-0.2, 0) is 36.9 Å². The fraction of sp³-hybridized carbons (Fsp3) is 0.382. The van der Waals surface area contributed by atoms with Crippen molar-refractivity contribution < 1.29 is 27.9 Å². The van der Waals surface area contributed by atoms with Crippen LogP contribution < -0.4 is 15.8 Å². The van der Waals surface area contributed by atoms with Crippen molar-refractivity contribution in [3.8, 4) is 16.5 Å². The minimum atomic E-state index is -4.61. The summed E-state index contributed by atoms with van der Waals surface area (Å²) in [6.07, 6.45) is -2.23. The number of thiophene rings is 1. The second kappa shape index (κ2) is 14.1. The number of anilines is 2. The molecule has 6 heterocycles. The van der Waals surface area contributed by atoms with Crippen LogP contribution in [0.4, 0.5) is 24.5 Å². The zero-order valence-corrected chi connectivity index (χ0v) is 30.4. The third kappa shape index (κ3) is 6.93. The van der Waals surface area contributed by atoms with E-state index >= 15 is 0 Å². The number of carbonyl (C=O) groups is 2. The summed E-state index contributed by atoms with van der Waals surface area (Å²) in [6, 6.07) is 4.68. The first kappa shape index (κ1) is 36.3. The number of nitrogens with one attached hydrogen (secondary N) is 1. The summed E-state index contributed by atoms with van der Waals surface area (Å²) in [4.78, 5) is 61.5. The molecule has 278 valence electrons. The first-order chi connectivity index (χ1) is 25.2. The van der Waals surface area contributed by atoms with Crippen LogP contribution in [0.5, 0.6) is 5.75 Å². The lowest BCUT2D eigenvalue weighted by Crippen LogP contribution is -2.51. The van der Waals surface area contributed by atoms with Crippen LogP contribution in [0, 0.1) is 6.92 Å². The number of hydrogen-bond donors (Lipinski definition) is 2. The van der Waals surface area contributed by atoms with Crippen LogP contribution in [0.1, 0.15) is 44.8 Å². The fourth-order valence-corrected chi connectivity index (χ4v) is 7.97. The number of alkyl halides is 3. The predicted octanol–water partition coefficient (Wildman–Crippen LogP) is 4.25. The molecule has 0 unspecified atom stereocenters. The van der Waals surface area contributed by atoms with E-state index in [0.29, 0.717) is 17.9 Å². The van der Waals surface area contributed by atoms with Crippen molar-refractivity contribution in [2.24, 2.45) is 0 Å². The van der Waals surface area contributed by atoms with E-state index in [1.807, 2.05) is 24.9 Å². The third-order valence-corrected chi connectivity index (χ3v) is 10.9. The molecule has 0 bridgehead atoms. The average molecular weight is 771 g/mol. The highest BCUT2D eigenvalue weighted by molar-refractivity contribution is 7.15. The maximum absolute atomic E-state index is 14.4. The van der Waals surface area contributed by atoms with Gasteiger partial charge in [-0.1, -0.05) is 18.5 Å². The quantitative estimate of drug-likeness (QED) is 0.246. The van der Waals surface area contributed by atoms with Gasteiger partial charge in [0.2, 0.25) is 11.7 Å². The summed E-state index contributed by atoms with van der Waals surface area (Å²) < 4.78 is 42.5. The second-order valence-electron chi connectivity index (χ2n) is 12.9. The Morgan fingerprint density at radius 2 is 1.85 bits per heavy atom. The van der Waals surface area contributed by atoms with Gasteiger partial charge in [0.15, 0.2) is 17.3 Å². The summed E-state index contributed by atoms with van der Waals surface area (Å²) in [5.74, 6) is -0.948. The molecule has 0 radical (unpaired) electrons. The number of likely N-dealkylation sites (N-methyl/N-ethyl adjacent to an activating group) is 1. The monoisotopic (exact) mass is 770 g/mol. The van der Waals surface area contributed by atoms with Crippen molar-refractivity contribution in [3.63, 3.8) is 0 Å². The average Bonchev–Trinajstić information content (AvgIpc) is 3.76. The van der Waals surface area contributed by atoms with Gasteiger partial charge in [0, 0.05) is 44.1 Å². The van der Waals surface area contributed by atoms with Gasteiger partial charge in [-0.15, -0.1) is 16.4 Å². The topological polar surface area (TPSA) is 154 Å². The largest absolute Gasteiger partial charge is 0.504 e. The molecular weight excluding hydrogens is 737 g/mol. The smallest absolute Gasteiger partial charge is 0.416 e. The van der Waals surface area contributed by atoms with Gasteiger partial charge in [0.05, 0.1) is 32.5 Å². The molecule has 5 aromatic rings. The lowest BCUT2D eigenvalue weighted by molar-refractivity contribution is -0.137. The summed E-state index contributed by atoms with van der Waals surface area (Å²) in [5, 5.41) is 17.4. The van der Waals surface area contributed by atoms with Crippen molar-refractivity contribution in [1.82, 2.24) is 38.9 Å². The molecule has 2 aliphatic rings. The Morgan fingerprint density at radius 1 is 1.09 bits per heavy atom. The van der Waals surface area contributed by atoms with Gasteiger partial charge < -0.3 is 29.7 Å². The van der Waals surface area contributed by atoms with Gasteiger partial charge in [-0.25, -0.2) is 9.97 Å². The third-order valence-electron chi connectivity index (χ3n) is 9.40. The lowest BCUT2D eigenvalue weighted by Gasteiger charge is -2.36. The van der Waals surface area contributed by atoms with E-state index in [9.17, 15) is 32.7 Å². The Bertz CT molecular complexity index is 2320. The van der Waals surface area contributed by atoms with E-state index in [0.717, 1.165) is 48.2 Å². The molecule has 53 heavy (non-hydrogen) atoms. The minimum absolute atomic E-state index is 0.0120. The van der Waals surface area contributed by atoms with Crippen molar-refractivity contribution in [2.75, 3.05) is 50.0 Å². The fourth-order valence-electron chi connectivity index (χ4n) is 6.65. The standard InChI is InChI=1S/C34H34ClF3N10O4S/c1-4-23-28(45-9-11-46(12-10-45)31(51)27-29(50)18(2)39-17-40-27)32(52)48-33(42-30(43-48)25-13-19-15-44(3)8-7-24(19)53-25)47(23)16-26(49)41-22-6-5-20(14-21(22)35)34(36,37)38/h5-6,13-14,17,50H,4,7-12,15-16H2,1-3H3,(H,41,49). The first-order valence-electron chi connectivity index (χ1n) is 16.8. The van der Waals surface area contributed by atoms with Gasteiger partial charge in [0.25, 0.3) is 11.5 Å². The van der Waals surface area contributed by atoms with Crippen LogP contribution in [0.25, 0.3) is 16.5 Å². The molecule has 1 aromatic carbocycles. The minimum Gasteiger partial charge on any atom is -0.504 e. The molecule has 0 saturated carbocycles. The number of aromatic hydroxyl groups is 1. The molecule has 4 aromatic heterocycles. The molecule has 2 N–H and O–H groups in total. The number of aryl methyl sites for hydroxylation is 1. The highest BCUT2D eigenvalue weighted by Gasteiger charge is 2.33. The first-order valence-corrected chi connectivity index (χ1v) is 18.0. The number of amides is 2. The Morgan fingerprint density at radius 3 is 2.55 bits per heavy atom. The number of piperazine rings is 1. The van der Waals surface area contributed by atoms with Crippen LogP contribution in [0.15, 0.2) is 35.4 Å². The SMILES string of the molecule is CCc1c(N2CCN(C(=O)c3ncnc(C)c3O)CC2)c(=O)n2nc(-c3cc4c(s3)CCN(C)C4)nc2n1CC(=O)Nc1ccc(C(F)(F)F)cc1Cl. The summed E-state index contributed by atoms with van der Waals surface area (Å²) in [5.41, 5.74) is 0.654. The van der Waals surface area contributed by atoms with E-state index in [1.54, 1.807) is 22.8 Å². The second-order valence-corrected chi connectivity index (χ2v) is 14.5. The molecule has 7 rings (SSSR count). The van der Waals surface area contributed by atoms with Crippen molar-refractivity contribution >= 4 is 51.9 Å². The highest BCUT2D eigenvalue weighted by Crippen LogP contribution is 2.35. The number of aromatic nitrogens is 6. The van der Waals surface area contributed by atoms with Crippen molar-refractivity contribution in [2.45, 2.75) is 46.0 Å². The molecule has 0 atom stereocenters. The molecule has 2 aliphatic heterocycles. The molecule has 14 nitrogen and oxygen atoms in total. The van der Waals surface area contributed by atoms with Crippen LogP contribution in [0.3, 0.4) is 0 Å². The molecular formula is C34H34ClF3N10O4S. The van der Waals surface area contributed by atoms with Gasteiger partial charge in [-0.2, -0.15) is 22.7 Å². The Hall–Kier alpha value is -5.07. The Kier molecular flexibility index (Phi) is 9.62. The van der Waals surface area contributed by atoms with Crippen LogP contribution >= 0.6 is 22.9 Å². The van der Waals surface area contributed by atoms with Gasteiger partial charge in [-0.3, -0.25) is 14.4 Å². The van der Waals surface area contributed by atoms with Gasteiger partial charge in [0.1, 0.15) is 18.6 Å². The number of rotatable bonds is 7. The maximum atomic E-state index is 14.4. The number of carbonyl (C=O) groups excluding carboxylic acids is 2. The summed E-state index contributed by atoms with van der Waals surface area (Å²) in [7, 11) is 2.04. The maximum Gasteiger partial charge on any atom is 0.416 e. The number of fused-ring (bicyclic) bond motifs is 2. The molecule has 19 heteroatoms. The Balaban J connectivity index is 1.25.